The number of benzene rings is 1. The molecule has 1 aromatic carbocycles. The molecule has 0 saturated carbocycles. The second-order valence-corrected chi connectivity index (χ2v) is 3.50. The van der Waals surface area contributed by atoms with Gasteiger partial charge in [-0.1, -0.05) is 0 Å². The maximum Gasteiger partial charge on any atom is 0.203 e. The van der Waals surface area contributed by atoms with E-state index in [2.05, 4.69) is 0 Å². The van der Waals surface area contributed by atoms with Gasteiger partial charge < -0.3 is 20.7 Å². The predicted molar refractivity (Wildman–Crippen MR) is 51.6 cm³/mol. The third-order valence-electron chi connectivity index (χ3n) is 2.66. The number of phenols is 2. The lowest BCUT2D eigenvalue weighted by molar-refractivity contribution is 0.341. The van der Waals surface area contributed by atoms with E-state index in [1.165, 1.54) is 7.11 Å². The Morgan fingerprint density at radius 2 is 2.21 bits per heavy atom. The van der Waals surface area contributed by atoms with Crippen LogP contribution in [-0.4, -0.2) is 17.3 Å². The van der Waals surface area contributed by atoms with Crippen LogP contribution in [0.2, 0.25) is 0 Å². The van der Waals surface area contributed by atoms with Crippen molar-refractivity contribution >= 4 is 0 Å². The molecular weight excluding hydrogens is 182 g/mol. The molecule has 0 spiro atoms. The summed E-state index contributed by atoms with van der Waals surface area (Å²) in [5.74, 6) is 0.0615. The molecule has 0 aliphatic heterocycles. The highest BCUT2D eigenvalue weighted by atomic mass is 16.5. The second kappa shape index (κ2) is 3.06. The van der Waals surface area contributed by atoms with Crippen LogP contribution in [0, 0.1) is 0 Å². The number of methoxy groups -OCH3 is 1. The fraction of sp³-hybridized carbons (Fsp3) is 0.400. The first kappa shape index (κ1) is 9.15. The second-order valence-electron chi connectivity index (χ2n) is 3.50. The van der Waals surface area contributed by atoms with Crippen molar-refractivity contribution in [3.05, 3.63) is 17.2 Å². The molecule has 4 nitrogen and oxygen atoms in total. The molecule has 2 rings (SSSR count). The SMILES string of the molecule is COc1c(O)cc2c(c1O)C(N)CC2. The lowest BCUT2D eigenvalue weighted by atomic mass is 10.1. The Morgan fingerprint density at radius 1 is 1.50 bits per heavy atom. The largest absolute Gasteiger partial charge is 0.504 e. The third kappa shape index (κ3) is 1.11. The summed E-state index contributed by atoms with van der Waals surface area (Å²) < 4.78 is 4.89. The molecule has 1 atom stereocenters. The Hall–Kier alpha value is -1.42. The minimum atomic E-state index is -0.153. The Balaban J connectivity index is 2.64. The molecule has 1 aliphatic carbocycles. The summed E-state index contributed by atoms with van der Waals surface area (Å²) in [6.07, 6.45) is 1.59. The van der Waals surface area contributed by atoms with E-state index in [0.29, 0.717) is 5.56 Å². The van der Waals surface area contributed by atoms with Crippen LogP contribution in [0.25, 0.3) is 0 Å². The number of rotatable bonds is 1. The topological polar surface area (TPSA) is 75.7 Å². The monoisotopic (exact) mass is 195 g/mol. The van der Waals surface area contributed by atoms with E-state index in [1.54, 1.807) is 6.07 Å². The molecule has 0 saturated heterocycles. The van der Waals surface area contributed by atoms with E-state index in [9.17, 15) is 10.2 Å². The number of aryl methyl sites for hydroxylation is 1. The maximum atomic E-state index is 9.80. The molecule has 1 unspecified atom stereocenters. The first-order valence-electron chi connectivity index (χ1n) is 4.52. The van der Waals surface area contributed by atoms with Gasteiger partial charge in [0.1, 0.15) is 0 Å². The first-order chi connectivity index (χ1) is 6.65. The van der Waals surface area contributed by atoms with Gasteiger partial charge >= 0.3 is 0 Å². The van der Waals surface area contributed by atoms with Crippen molar-refractivity contribution < 1.29 is 14.9 Å². The molecule has 4 N–H and O–H groups in total. The van der Waals surface area contributed by atoms with Gasteiger partial charge in [0.15, 0.2) is 11.5 Å². The number of ether oxygens (including phenoxy) is 1. The summed E-state index contributed by atoms with van der Waals surface area (Å²) in [5, 5.41) is 19.3. The van der Waals surface area contributed by atoms with Gasteiger partial charge in [-0.15, -0.1) is 0 Å². The van der Waals surface area contributed by atoms with E-state index in [1.807, 2.05) is 0 Å². The average molecular weight is 195 g/mol. The third-order valence-corrected chi connectivity index (χ3v) is 2.66. The summed E-state index contributed by atoms with van der Waals surface area (Å²) in [7, 11) is 1.40. The molecule has 0 amide bonds. The van der Waals surface area contributed by atoms with Gasteiger partial charge in [-0.2, -0.15) is 0 Å². The number of aromatic hydroxyl groups is 2. The molecule has 0 bridgehead atoms. The zero-order valence-corrected chi connectivity index (χ0v) is 7.95. The summed E-state index contributed by atoms with van der Waals surface area (Å²) >= 11 is 0. The van der Waals surface area contributed by atoms with Gasteiger partial charge in [0, 0.05) is 11.6 Å². The molecule has 76 valence electrons. The van der Waals surface area contributed by atoms with Crippen LogP contribution < -0.4 is 10.5 Å². The molecule has 1 aliphatic rings. The number of hydrogen-bond acceptors (Lipinski definition) is 4. The highest BCUT2D eigenvalue weighted by Crippen LogP contribution is 2.46. The number of nitrogens with two attached hydrogens (primary N) is 1. The Morgan fingerprint density at radius 3 is 2.86 bits per heavy atom. The van der Waals surface area contributed by atoms with Gasteiger partial charge in [0.05, 0.1) is 7.11 Å². The summed E-state index contributed by atoms with van der Waals surface area (Å²) in [6, 6.07) is 1.46. The van der Waals surface area contributed by atoms with Gasteiger partial charge in [-0.3, -0.25) is 0 Å². The molecule has 1 aromatic rings. The van der Waals surface area contributed by atoms with Crippen LogP contribution >= 0.6 is 0 Å². The highest BCUT2D eigenvalue weighted by molar-refractivity contribution is 5.60. The normalized spacial score (nSPS) is 19.4. The molecule has 14 heavy (non-hydrogen) atoms. The predicted octanol–water partition coefficient (Wildman–Crippen LogP) is 1.05. The van der Waals surface area contributed by atoms with Crippen LogP contribution in [0.15, 0.2) is 6.07 Å². The quantitative estimate of drug-likeness (QED) is 0.626. The van der Waals surface area contributed by atoms with Crippen molar-refractivity contribution in [3.63, 3.8) is 0 Å². The zero-order chi connectivity index (χ0) is 10.3. The van der Waals surface area contributed by atoms with Crippen molar-refractivity contribution in [2.45, 2.75) is 18.9 Å². The van der Waals surface area contributed by atoms with Crippen LogP contribution in [-0.2, 0) is 6.42 Å². The van der Waals surface area contributed by atoms with E-state index in [4.69, 9.17) is 10.5 Å². The first-order valence-corrected chi connectivity index (χ1v) is 4.52. The highest BCUT2D eigenvalue weighted by Gasteiger charge is 2.27. The molecule has 0 fully saturated rings. The van der Waals surface area contributed by atoms with Crippen LogP contribution in [0.4, 0.5) is 0 Å². The Bertz CT molecular complexity index is 376. The summed E-state index contributed by atoms with van der Waals surface area (Å²) in [5.41, 5.74) is 7.44. The maximum absolute atomic E-state index is 9.80. The Labute approximate surface area is 81.9 Å². The van der Waals surface area contributed by atoms with Gasteiger partial charge in [-0.05, 0) is 24.5 Å². The molecule has 0 heterocycles. The lowest BCUT2D eigenvalue weighted by Gasteiger charge is -2.12. The number of fused-ring (bicyclic) bond motifs is 1. The number of hydrogen-bond donors (Lipinski definition) is 3. The number of phenolic OH excluding ortho intramolecular Hbond substituents is 2. The Kier molecular flexibility index (Phi) is 2.00. The van der Waals surface area contributed by atoms with Gasteiger partial charge in [0.25, 0.3) is 0 Å². The summed E-state index contributed by atoms with van der Waals surface area (Å²) in [6.45, 7) is 0. The fourth-order valence-corrected chi connectivity index (χ4v) is 1.98. The average Bonchev–Trinajstić information content (AvgIpc) is 2.48. The van der Waals surface area contributed by atoms with Crippen LogP contribution in [0.3, 0.4) is 0 Å². The van der Waals surface area contributed by atoms with E-state index in [-0.39, 0.29) is 23.3 Å². The zero-order valence-electron chi connectivity index (χ0n) is 7.95. The van der Waals surface area contributed by atoms with E-state index < -0.39 is 0 Å². The standard InChI is InChI=1S/C10H13NO3/c1-14-10-7(12)4-5-2-3-6(11)8(5)9(10)13/h4,6,12-13H,2-3,11H2,1H3. The van der Waals surface area contributed by atoms with E-state index in [0.717, 1.165) is 18.4 Å². The molecule has 0 aromatic heterocycles. The lowest BCUT2D eigenvalue weighted by Crippen LogP contribution is -2.05. The van der Waals surface area contributed by atoms with Crippen molar-refractivity contribution in [1.29, 1.82) is 0 Å². The molecular formula is C10H13NO3. The van der Waals surface area contributed by atoms with Crippen LogP contribution in [0.1, 0.15) is 23.6 Å². The minimum absolute atomic E-state index is 0.0208. The van der Waals surface area contributed by atoms with Crippen LogP contribution in [0.5, 0.6) is 17.2 Å². The molecule has 4 heteroatoms. The minimum Gasteiger partial charge on any atom is -0.504 e. The van der Waals surface area contributed by atoms with Crippen molar-refractivity contribution in [1.82, 2.24) is 0 Å². The fourth-order valence-electron chi connectivity index (χ4n) is 1.98. The molecule has 0 radical (unpaired) electrons. The van der Waals surface area contributed by atoms with E-state index >= 15 is 0 Å². The summed E-state index contributed by atoms with van der Waals surface area (Å²) in [4.78, 5) is 0. The van der Waals surface area contributed by atoms with Gasteiger partial charge in [-0.25, -0.2) is 0 Å². The van der Waals surface area contributed by atoms with Gasteiger partial charge in [0.2, 0.25) is 5.75 Å². The van der Waals surface area contributed by atoms with Crippen molar-refractivity contribution in [2.75, 3.05) is 7.11 Å². The van der Waals surface area contributed by atoms with Crippen molar-refractivity contribution in [2.24, 2.45) is 5.73 Å². The van der Waals surface area contributed by atoms with Crippen molar-refractivity contribution in [3.8, 4) is 17.2 Å². The smallest absolute Gasteiger partial charge is 0.203 e.